The van der Waals surface area contributed by atoms with Crippen LogP contribution in [0.1, 0.15) is 17.5 Å². The van der Waals surface area contributed by atoms with E-state index in [1.54, 1.807) is 7.05 Å². The van der Waals surface area contributed by atoms with E-state index in [2.05, 4.69) is 0 Å². The van der Waals surface area contributed by atoms with Gasteiger partial charge in [0.15, 0.2) is 5.72 Å². The maximum absolute atomic E-state index is 12.1. The Morgan fingerprint density at radius 3 is 2.26 bits per heavy atom. The average molecular weight is 311 g/mol. The van der Waals surface area contributed by atoms with Crippen molar-refractivity contribution in [1.82, 2.24) is 4.90 Å². The van der Waals surface area contributed by atoms with Gasteiger partial charge in [-0.2, -0.15) is 0 Å². The van der Waals surface area contributed by atoms with Crippen LogP contribution in [0, 0.1) is 0 Å². The molecule has 1 aliphatic rings. The fraction of sp³-hybridized carbons (Fsp3) is 0.316. The van der Waals surface area contributed by atoms with E-state index in [0.717, 1.165) is 11.1 Å². The third-order valence-corrected chi connectivity index (χ3v) is 4.43. The predicted molar refractivity (Wildman–Crippen MR) is 87.5 cm³/mol. The van der Waals surface area contributed by atoms with E-state index < -0.39 is 11.8 Å². The first-order chi connectivity index (χ1) is 11.1. The first kappa shape index (κ1) is 15.7. The van der Waals surface area contributed by atoms with Gasteiger partial charge in [0.1, 0.15) is 6.10 Å². The highest BCUT2D eigenvalue weighted by Crippen LogP contribution is 2.33. The van der Waals surface area contributed by atoms with Crippen LogP contribution in [-0.2, 0) is 22.6 Å². The van der Waals surface area contributed by atoms with Crippen LogP contribution in [-0.4, -0.2) is 34.8 Å². The molecule has 3 rings (SSSR count). The van der Waals surface area contributed by atoms with Crippen molar-refractivity contribution < 1.29 is 14.6 Å². The molecular weight excluding hydrogens is 290 g/mol. The minimum Gasteiger partial charge on any atom is -0.368 e. The number of aliphatic hydroxyl groups is 1. The maximum atomic E-state index is 12.1. The summed E-state index contributed by atoms with van der Waals surface area (Å²) < 4.78 is 5.91. The van der Waals surface area contributed by atoms with Gasteiger partial charge in [0.05, 0.1) is 13.0 Å². The number of nitrogens with zero attached hydrogens (tertiary/aromatic N) is 1. The number of carbonyl (C=O) groups excluding carboxylic acids is 1. The molecule has 120 valence electrons. The zero-order chi connectivity index (χ0) is 16.3. The third kappa shape index (κ3) is 3.28. The van der Waals surface area contributed by atoms with Crippen LogP contribution in [0.2, 0.25) is 0 Å². The largest absolute Gasteiger partial charge is 0.368 e. The van der Waals surface area contributed by atoms with Crippen molar-refractivity contribution in [2.45, 2.75) is 31.3 Å². The normalized spacial score (nSPS) is 24.2. The topological polar surface area (TPSA) is 49.8 Å². The van der Waals surface area contributed by atoms with Crippen molar-refractivity contribution in [2.24, 2.45) is 0 Å². The van der Waals surface area contributed by atoms with E-state index in [1.807, 2.05) is 60.7 Å². The summed E-state index contributed by atoms with van der Waals surface area (Å²) in [5.41, 5.74) is 0.689. The summed E-state index contributed by atoms with van der Waals surface area (Å²) >= 11 is 0. The second-order valence-electron chi connectivity index (χ2n) is 5.98. The number of amides is 1. The highest BCUT2D eigenvalue weighted by atomic mass is 16.5. The molecule has 1 aliphatic heterocycles. The minimum atomic E-state index is -1.31. The van der Waals surface area contributed by atoms with Gasteiger partial charge in [-0.15, -0.1) is 0 Å². The average Bonchev–Trinajstić information content (AvgIpc) is 2.79. The van der Waals surface area contributed by atoms with E-state index in [9.17, 15) is 9.90 Å². The monoisotopic (exact) mass is 311 g/mol. The van der Waals surface area contributed by atoms with Crippen molar-refractivity contribution in [1.29, 1.82) is 0 Å². The summed E-state index contributed by atoms with van der Waals surface area (Å²) in [7, 11) is 1.64. The van der Waals surface area contributed by atoms with Crippen molar-refractivity contribution >= 4 is 5.91 Å². The van der Waals surface area contributed by atoms with Crippen molar-refractivity contribution in [3.8, 4) is 0 Å². The molecule has 1 N–H and O–H groups in total. The molecule has 1 saturated heterocycles. The number of hydrogen-bond acceptors (Lipinski definition) is 3. The zero-order valence-electron chi connectivity index (χ0n) is 13.2. The van der Waals surface area contributed by atoms with Gasteiger partial charge in [-0.05, 0) is 11.1 Å². The second kappa shape index (κ2) is 6.52. The lowest BCUT2D eigenvalue weighted by Gasteiger charge is -2.35. The van der Waals surface area contributed by atoms with Crippen molar-refractivity contribution in [2.75, 3.05) is 7.05 Å². The molecule has 1 unspecified atom stereocenters. The molecule has 0 spiro atoms. The number of ether oxygens (including phenoxy) is 1. The van der Waals surface area contributed by atoms with Gasteiger partial charge in [-0.25, -0.2) is 0 Å². The third-order valence-electron chi connectivity index (χ3n) is 4.43. The zero-order valence-corrected chi connectivity index (χ0v) is 13.2. The summed E-state index contributed by atoms with van der Waals surface area (Å²) in [6.07, 6.45) is 0.0165. The molecule has 2 aromatic rings. The van der Waals surface area contributed by atoms with E-state index in [1.165, 1.54) is 4.90 Å². The molecule has 0 bridgehead atoms. The Morgan fingerprint density at radius 1 is 1.09 bits per heavy atom. The number of rotatable bonds is 5. The Labute approximate surface area is 136 Å². The molecule has 0 aromatic heterocycles. The number of carbonyl (C=O) groups is 1. The Kier molecular flexibility index (Phi) is 4.46. The fourth-order valence-electron chi connectivity index (χ4n) is 2.98. The first-order valence-electron chi connectivity index (χ1n) is 7.78. The second-order valence-corrected chi connectivity index (χ2v) is 5.98. The van der Waals surface area contributed by atoms with Crippen LogP contribution in [0.5, 0.6) is 0 Å². The molecular formula is C19H21NO3. The maximum Gasteiger partial charge on any atom is 0.227 e. The molecule has 1 heterocycles. The summed E-state index contributed by atoms with van der Waals surface area (Å²) in [4.78, 5) is 13.5. The highest BCUT2D eigenvalue weighted by Gasteiger charge is 2.50. The minimum absolute atomic E-state index is 0.0958. The van der Waals surface area contributed by atoms with Gasteiger partial charge in [0.2, 0.25) is 5.91 Å². The highest BCUT2D eigenvalue weighted by molar-refractivity contribution is 5.80. The number of hydrogen-bond donors (Lipinski definition) is 1. The standard InChI is InChI=1S/C19H21NO3/c1-20-18(21)12-17(23-14-16-10-6-3-7-11-16)19(20,22)13-15-8-4-2-5-9-15/h2-11,17,22H,12-14H2,1H3/t17-,19?/m0/s1. The van der Waals surface area contributed by atoms with Crippen molar-refractivity contribution in [3.05, 3.63) is 71.8 Å². The van der Waals surface area contributed by atoms with E-state index in [-0.39, 0.29) is 12.3 Å². The lowest BCUT2D eigenvalue weighted by atomic mass is 9.98. The predicted octanol–water partition coefficient (Wildman–Crippen LogP) is 2.37. The molecule has 4 nitrogen and oxygen atoms in total. The van der Waals surface area contributed by atoms with Crippen LogP contribution in [0.25, 0.3) is 0 Å². The van der Waals surface area contributed by atoms with Crippen LogP contribution in [0.3, 0.4) is 0 Å². The molecule has 1 fully saturated rings. The van der Waals surface area contributed by atoms with Gasteiger partial charge in [0, 0.05) is 13.5 Å². The lowest BCUT2D eigenvalue weighted by molar-refractivity contribution is -0.164. The molecule has 0 aliphatic carbocycles. The van der Waals surface area contributed by atoms with Gasteiger partial charge in [-0.3, -0.25) is 4.79 Å². The Bertz CT molecular complexity index is 659. The summed E-state index contributed by atoms with van der Waals surface area (Å²) in [6, 6.07) is 19.5. The lowest BCUT2D eigenvalue weighted by Crippen LogP contribution is -2.52. The fourth-order valence-corrected chi connectivity index (χ4v) is 2.98. The molecule has 2 aromatic carbocycles. The Hall–Kier alpha value is -2.17. The SMILES string of the molecule is CN1C(=O)C[C@H](OCc2ccccc2)C1(O)Cc1ccccc1. The summed E-state index contributed by atoms with van der Waals surface area (Å²) in [5.74, 6) is -0.0958. The Balaban J connectivity index is 1.76. The molecule has 0 radical (unpaired) electrons. The molecule has 0 saturated carbocycles. The Morgan fingerprint density at radius 2 is 1.65 bits per heavy atom. The molecule has 1 amide bonds. The van der Waals surface area contributed by atoms with Crippen LogP contribution < -0.4 is 0 Å². The van der Waals surface area contributed by atoms with Gasteiger partial charge < -0.3 is 14.7 Å². The smallest absolute Gasteiger partial charge is 0.227 e. The molecule has 2 atom stereocenters. The van der Waals surface area contributed by atoms with Gasteiger partial charge in [0.25, 0.3) is 0 Å². The summed E-state index contributed by atoms with van der Waals surface area (Å²) in [6.45, 7) is 0.379. The van der Waals surface area contributed by atoms with E-state index in [4.69, 9.17) is 4.74 Å². The van der Waals surface area contributed by atoms with Crippen LogP contribution in [0.15, 0.2) is 60.7 Å². The van der Waals surface area contributed by atoms with E-state index >= 15 is 0 Å². The molecule has 4 heteroatoms. The van der Waals surface area contributed by atoms with Gasteiger partial charge >= 0.3 is 0 Å². The van der Waals surface area contributed by atoms with E-state index in [0.29, 0.717) is 13.0 Å². The van der Waals surface area contributed by atoms with Crippen molar-refractivity contribution in [3.63, 3.8) is 0 Å². The quantitative estimate of drug-likeness (QED) is 0.922. The summed E-state index contributed by atoms with van der Waals surface area (Å²) in [5, 5.41) is 11.1. The number of likely N-dealkylation sites (N-methyl/N-ethyl adjacent to an activating group) is 1. The number of likely N-dealkylation sites (tertiary alicyclic amines) is 1. The number of benzene rings is 2. The van der Waals surface area contributed by atoms with Crippen LogP contribution in [0.4, 0.5) is 0 Å². The van der Waals surface area contributed by atoms with Crippen LogP contribution >= 0.6 is 0 Å². The first-order valence-corrected chi connectivity index (χ1v) is 7.78. The van der Waals surface area contributed by atoms with Gasteiger partial charge in [-0.1, -0.05) is 60.7 Å². The molecule has 23 heavy (non-hydrogen) atoms.